The lowest BCUT2D eigenvalue weighted by molar-refractivity contribution is 0.0999. The molecule has 0 saturated carbocycles. The zero-order chi connectivity index (χ0) is 14.3. The standard InChI is InChI=1S/C17H20N2O/c1-11-15(17(18)20)10-16(19(11)2)14-8-7-12-5-3-4-6-13(12)9-14/h7-10H,3-6H2,1-2H3,(H2,18,20). The van der Waals surface area contributed by atoms with E-state index in [9.17, 15) is 4.79 Å². The lowest BCUT2D eigenvalue weighted by Gasteiger charge is -2.17. The smallest absolute Gasteiger partial charge is 0.250 e. The lowest BCUT2D eigenvalue weighted by atomic mass is 9.90. The van der Waals surface area contributed by atoms with Gasteiger partial charge in [-0.3, -0.25) is 4.79 Å². The van der Waals surface area contributed by atoms with Crippen LogP contribution in [0.2, 0.25) is 0 Å². The Morgan fingerprint density at radius 1 is 1.15 bits per heavy atom. The zero-order valence-electron chi connectivity index (χ0n) is 12.1. The lowest BCUT2D eigenvalue weighted by Crippen LogP contribution is -2.11. The summed E-state index contributed by atoms with van der Waals surface area (Å²) in [4.78, 5) is 11.5. The normalized spacial score (nSPS) is 14.1. The Kier molecular flexibility index (Phi) is 3.13. The van der Waals surface area contributed by atoms with Crippen molar-refractivity contribution in [3.05, 3.63) is 46.6 Å². The number of nitrogens with zero attached hydrogens (tertiary/aromatic N) is 1. The van der Waals surface area contributed by atoms with Gasteiger partial charge in [-0.1, -0.05) is 12.1 Å². The summed E-state index contributed by atoms with van der Waals surface area (Å²) in [6.45, 7) is 1.93. The van der Waals surface area contributed by atoms with Crippen LogP contribution in [0, 0.1) is 6.92 Å². The van der Waals surface area contributed by atoms with E-state index < -0.39 is 0 Å². The Bertz CT molecular complexity index is 683. The van der Waals surface area contributed by atoms with Crippen LogP contribution < -0.4 is 5.73 Å². The predicted molar refractivity (Wildman–Crippen MR) is 80.7 cm³/mol. The van der Waals surface area contributed by atoms with Gasteiger partial charge in [-0.05, 0) is 61.4 Å². The summed E-state index contributed by atoms with van der Waals surface area (Å²) in [5.41, 5.74) is 12.1. The molecule has 3 heteroatoms. The summed E-state index contributed by atoms with van der Waals surface area (Å²) in [7, 11) is 1.98. The van der Waals surface area contributed by atoms with Crippen LogP contribution in [-0.4, -0.2) is 10.5 Å². The minimum atomic E-state index is -0.359. The fraction of sp³-hybridized carbons (Fsp3) is 0.353. The van der Waals surface area contributed by atoms with Crippen molar-refractivity contribution in [3.8, 4) is 11.3 Å². The molecule has 0 saturated heterocycles. The number of aromatic nitrogens is 1. The number of carbonyl (C=O) groups is 1. The number of benzene rings is 1. The molecule has 0 bridgehead atoms. The van der Waals surface area contributed by atoms with Crippen LogP contribution in [0.1, 0.15) is 40.0 Å². The third kappa shape index (κ3) is 2.03. The van der Waals surface area contributed by atoms with Crippen molar-refractivity contribution in [2.24, 2.45) is 12.8 Å². The van der Waals surface area contributed by atoms with Crippen LogP contribution in [0.15, 0.2) is 24.3 Å². The average Bonchev–Trinajstić information content (AvgIpc) is 2.75. The van der Waals surface area contributed by atoms with Crippen molar-refractivity contribution in [1.29, 1.82) is 0 Å². The van der Waals surface area contributed by atoms with Crippen molar-refractivity contribution >= 4 is 5.91 Å². The number of amides is 1. The molecule has 0 atom stereocenters. The van der Waals surface area contributed by atoms with E-state index in [1.54, 1.807) is 0 Å². The quantitative estimate of drug-likeness (QED) is 0.894. The molecule has 0 aliphatic heterocycles. The summed E-state index contributed by atoms with van der Waals surface area (Å²) in [6.07, 6.45) is 4.92. The first kappa shape index (κ1) is 13.0. The van der Waals surface area contributed by atoms with Crippen LogP contribution in [0.25, 0.3) is 11.3 Å². The Balaban J connectivity index is 2.09. The van der Waals surface area contributed by atoms with E-state index in [-0.39, 0.29) is 5.91 Å². The van der Waals surface area contributed by atoms with Gasteiger partial charge >= 0.3 is 0 Å². The number of fused-ring (bicyclic) bond motifs is 1. The molecule has 20 heavy (non-hydrogen) atoms. The molecule has 0 unspecified atom stereocenters. The summed E-state index contributed by atoms with van der Waals surface area (Å²) >= 11 is 0. The Morgan fingerprint density at radius 2 is 1.85 bits per heavy atom. The zero-order valence-corrected chi connectivity index (χ0v) is 12.1. The molecule has 1 heterocycles. The average molecular weight is 268 g/mol. The van der Waals surface area contributed by atoms with Crippen LogP contribution in [0.4, 0.5) is 0 Å². The van der Waals surface area contributed by atoms with Crippen LogP contribution in [0.5, 0.6) is 0 Å². The van der Waals surface area contributed by atoms with Gasteiger partial charge in [-0.25, -0.2) is 0 Å². The minimum absolute atomic E-state index is 0.359. The van der Waals surface area contributed by atoms with Gasteiger partial charge in [-0.2, -0.15) is 0 Å². The first-order chi connectivity index (χ1) is 9.58. The molecule has 0 fully saturated rings. The summed E-state index contributed by atoms with van der Waals surface area (Å²) in [6, 6.07) is 8.57. The molecule has 1 aliphatic carbocycles. The summed E-state index contributed by atoms with van der Waals surface area (Å²) in [5.74, 6) is -0.359. The number of primary amides is 1. The molecule has 2 aromatic rings. The SMILES string of the molecule is Cc1c(C(N)=O)cc(-c2ccc3c(c2)CCCC3)n1C. The number of carbonyl (C=O) groups excluding carboxylic acids is 1. The summed E-state index contributed by atoms with van der Waals surface area (Å²) in [5, 5.41) is 0. The van der Waals surface area contributed by atoms with Gasteiger partial charge in [0.2, 0.25) is 0 Å². The highest BCUT2D eigenvalue weighted by Gasteiger charge is 2.16. The fourth-order valence-corrected chi connectivity index (χ4v) is 3.12. The van der Waals surface area contributed by atoms with Gasteiger partial charge in [0, 0.05) is 18.4 Å². The van der Waals surface area contributed by atoms with Crippen molar-refractivity contribution in [2.75, 3.05) is 0 Å². The second-order valence-corrected chi connectivity index (χ2v) is 5.64. The fourth-order valence-electron chi connectivity index (χ4n) is 3.12. The second-order valence-electron chi connectivity index (χ2n) is 5.64. The Labute approximate surface area is 119 Å². The molecule has 1 aliphatic rings. The van der Waals surface area contributed by atoms with E-state index in [2.05, 4.69) is 18.2 Å². The predicted octanol–water partition coefficient (Wildman–Crippen LogP) is 2.98. The third-order valence-corrected chi connectivity index (χ3v) is 4.45. The first-order valence-electron chi connectivity index (χ1n) is 7.16. The topological polar surface area (TPSA) is 48.0 Å². The first-order valence-corrected chi connectivity index (χ1v) is 7.16. The number of nitrogens with two attached hydrogens (primary N) is 1. The number of aryl methyl sites for hydroxylation is 2. The number of rotatable bonds is 2. The molecule has 104 valence electrons. The van der Waals surface area contributed by atoms with Gasteiger partial charge in [-0.15, -0.1) is 0 Å². The Hall–Kier alpha value is -2.03. The van der Waals surface area contributed by atoms with Crippen molar-refractivity contribution in [2.45, 2.75) is 32.6 Å². The van der Waals surface area contributed by atoms with Gasteiger partial charge in [0.1, 0.15) is 0 Å². The molecular weight excluding hydrogens is 248 g/mol. The highest BCUT2D eigenvalue weighted by molar-refractivity contribution is 5.95. The monoisotopic (exact) mass is 268 g/mol. The van der Waals surface area contributed by atoms with Crippen LogP contribution >= 0.6 is 0 Å². The number of hydrogen-bond donors (Lipinski definition) is 1. The highest BCUT2D eigenvalue weighted by atomic mass is 16.1. The molecule has 3 rings (SSSR count). The maximum absolute atomic E-state index is 11.5. The second kappa shape index (κ2) is 4.82. The number of hydrogen-bond acceptors (Lipinski definition) is 1. The minimum Gasteiger partial charge on any atom is -0.366 e. The van der Waals surface area contributed by atoms with E-state index in [0.29, 0.717) is 5.56 Å². The van der Waals surface area contributed by atoms with Gasteiger partial charge in [0.25, 0.3) is 5.91 Å². The highest BCUT2D eigenvalue weighted by Crippen LogP contribution is 2.29. The molecule has 1 aromatic heterocycles. The summed E-state index contributed by atoms with van der Waals surface area (Å²) < 4.78 is 2.05. The van der Waals surface area contributed by atoms with Crippen LogP contribution in [-0.2, 0) is 19.9 Å². The van der Waals surface area contributed by atoms with Crippen molar-refractivity contribution in [3.63, 3.8) is 0 Å². The molecule has 1 amide bonds. The van der Waals surface area contributed by atoms with E-state index in [0.717, 1.165) is 17.8 Å². The van der Waals surface area contributed by atoms with E-state index >= 15 is 0 Å². The molecular formula is C17H20N2O. The van der Waals surface area contributed by atoms with Crippen molar-refractivity contribution < 1.29 is 4.79 Å². The van der Waals surface area contributed by atoms with Gasteiger partial charge in [0.05, 0.1) is 5.56 Å². The molecule has 0 spiro atoms. The van der Waals surface area contributed by atoms with E-state index in [1.807, 2.05) is 24.6 Å². The van der Waals surface area contributed by atoms with E-state index in [4.69, 9.17) is 5.73 Å². The van der Waals surface area contributed by atoms with Gasteiger partial charge < -0.3 is 10.3 Å². The Morgan fingerprint density at radius 3 is 2.50 bits per heavy atom. The molecule has 3 nitrogen and oxygen atoms in total. The maximum atomic E-state index is 11.5. The molecule has 0 radical (unpaired) electrons. The molecule has 2 N–H and O–H groups in total. The third-order valence-electron chi connectivity index (χ3n) is 4.45. The van der Waals surface area contributed by atoms with E-state index in [1.165, 1.54) is 36.0 Å². The van der Waals surface area contributed by atoms with Crippen LogP contribution in [0.3, 0.4) is 0 Å². The maximum Gasteiger partial charge on any atom is 0.250 e. The largest absolute Gasteiger partial charge is 0.366 e. The van der Waals surface area contributed by atoms with Gasteiger partial charge in [0.15, 0.2) is 0 Å². The molecule has 1 aromatic carbocycles. The van der Waals surface area contributed by atoms with Crippen molar-refractivity contribution in [1.82, 2.24) is 4.57 Å².